The van der Waals surface area contributed by atoms with E-state index in [0.717, 1.165) is 29.7 Å². The highest BCUT2D eigenvalue weighted by Crippen LogP contribution is 2.19. The molecule has 1 heterocycles. The number of hydrogen-bond donors (Lipinski definition) is 2. The first kappa shape index (κ1) is 19.4. The molecule has 2 amide bonds. The Balaban J connectivity index is 1.82. The van der Waals surface area contributed by atoms with Crippen LogP contribution in [-0.4, -0.2) is 60.4 Å². The largest absolute Gasteiger partial charge is 0.339 e. The first-order chi connectivity index (χ1) is 11.9. The van der Waals surface area contributed by atoms with Gasteiger partial charge in [-0.05, 0) is 31.4 Å². The number of nitrogens with one attached hydrogen (secondary N) is 1. The molecule has 1 fully saturated rings. The van der Waals surface area contributed by atoms with Crippen molar-refractivity contribution in [1.29, 1.82) is 0 Å². The summed E-state index contributed by atoms with van der Waals surface area (Å²) in [4.78, 5) is 28.5. The number of piperazine rings is 1. The summed E-state index contributed by atoms with van der Waals surface area (Å²) in [6.45, 7) is 9.02. The quantitative estimate of drug-likeness (QED) is 0.818. The van der Waals surface area contributed by atoms with E-state index in [1.807, 2.05) is 43.9 Å². The monoisotopic (exact) mass is 346 g/mol. The fourth-order valence-corrected chi connectivity index (χ4v) is 3.19. The molecule has 6 heteroatoms. The molecule has 138 valence electrons. The molecule has 25 heavy (non-hydrogen) atoms. The molecule has 1 aliphatic heterocycles. The average Bonchev–Trinajstić information content (AvgIpc) is 2.58. The predicted octanol–water partition coefficient (Wildman–Crippen LogP) is 1.51. The van der Waals surface area contributed by atoms with Crippen molar-refractivity contribution >= 4 is 17.5 Å². The second-order valence-corrected chi connectivity index (χ2v) is 6.81. The molecule has 6 nitrogen and oxygen atoms in total. The lowest BCUT2D eigenvalue weighted by atomic mass is 10.1. The van der Waals surface area contributed by atoms with E-state index in [9.17, 15) is 9.59 Å². The van der Waals surface area contributed by atoms with Crippen molar-refractivity contribution in [3.8, 4) is 0 Å². The Morgan fingerprint density at radius 2 is 1.76 bits per heavy atom. The van der Waals surface area contributed by atoms with Gasteiger partial charge in [0.15, 0.2) is 0 Å². The molecule has 0 bridgehead atoms. The zero-order valence-corrected chi connectivity index (χ0v) is 15.5. The Morgan fingerprint density at radius 1 is 1.16 bits per heavy atom. The standard InChI is InChI=1S/C19H30N4O2/c1-4-6-16(20)19(25)23-11-9-22(10-12-23)13-17(24)21-18-14(2)7-5-8-15(18)3/h5,7-8,16H,4,6,9-13,20H2,1-3H3,(H,21,24). The van der Waals surface area contributed by atoms with Crippen molar-refractivity contribution in [2.75, 3.05) is 38.0 Å². The number of benzene rings is 1. The van der Waals surface area contributed by atoms with Crippen LogP contribution >= 0.6 is 0 Å². The second-order valence-electron chi connectivity index (χ2n) is 6.81. The molecule has 1 aromatic carbocycles. The zero-order chi connectivity index (χ0) is 18.4. The summed E-state index contributed by atoms with van der Waals surface area (Å²) in [5.74, 6) is 0.0151. The zero-order valence-electron chi connectivity index (χ0n) is 15.5. The third kappa shape index (κ3) is 5.28. The van der Waals surface area contributed by atoms with E-state index in [-0.39, 0.29) is 11.8 Å². The molecule has 0 radical (unpaired) electrons. The van der Waals surface area contributed by atoms with Crippen LogP contribution in [0.25, 0.3) is 0 Å². The number of para-hydroxylation sites is 1. The van der Waals surface area contributed by atoms with E-state index >= 15 is 0 Å². The molecular formula is C19H30N4O2. The van der Waals surface area contributed by atoms with Gasteiger partial charge >= 0.3 is 0 Å². The Morgan fingerprint density at radius 3 is 2.32 bits per heavy atom. The van der Waals surface area contributed by atoms with Gasteiger partial charge in [-0.15, -0.1) is 0 Å². The van der Waals surface area contributed by atoms with Crippen LogP contribution in [0.15, 0.2) is 18.2 Å². The number of carbonyl (C=O) groups excluding carboxylic acids is 2. The van der Waals surface area contributed by atoms with E-state index < -0.39 is 6.04 Å². The van der Waals surface area contributed by atoms with Crippen molar-refractivity contribution in [3.63, 3.8) is 0 Å². The Hall–Kier alpha value is -1.92. The highest BCUT2D eigenvalue weighted by Gasteiger charge is 2.25. The van der Waals surface area contributed by atoms with Gasteiger partial charge in [0.05, 0.1) is 12.6 Å². The summed E-state index contributed by atoms with van der Waals surface area (Å²) in [7, 11) is 0. The predicted molar refractivity (Wildman–Crippen MR) is 100 cm³/mol. The van der Waals surface area contributed by atoms with Crippen LogP contribution in [0.3, 0.4) is 0 Å². The maximum Gasteiger partial charge on any atom is 0.239 e. The number of anilines is 1. The lowest BCUT2D eigenvalue weighted by Gasteiger charge is -2.35. The molecule has 3 N–H and O–H groups in total. The van der Waals surface area contributed by atoms with Crippen LogP contribution in [0, 0.1) is 13.8 Å². The first-order valence-electron chi connectivity index (χ1n) is 9.05. The minimum atomic E-state index is -0.399. The molecular weight excluding hydrogens is 316 g/mol. The molecule has 0 aliphatic carbocycles. The fraction of sp³-hybridized carbons (Fsp3) is 0.579. The van der Waals surface area contributed by atoms with E-state index in [1.54, 1.807) is 0 Å². The number of hydrogen-bond acceptors (Lipinski definition) is 4. The molecule has 1 unspecified atom stereocenters. The number of amides is 2. The van der Waals surface area contributed by atoms with Crippen LogP contribution in [-0.2, 0) is 9.59 Å². The van der Waals surface area contributed by atoms with Gasteiger partial charge < -0.3 is 16.0 Å². The third-order valence-electron chi connectivity index (χ3n) is 4.71. The highest BCUT2D eigenvalue weighted by atomic mass is 16.2. The van der Waals surface area contributed by atoms with Crippen LogP contribution < -0.4 is 11.1 Å². The van der Waals surface area contributed by atoms with Crippen LogP contribution in [0.2, 0.25) is 0 Å². The van der Waals surface area contributed by atoms with E-state index in [2.05, 4.69) is 10.2 Å². The Kier molecular flexibility index (Phi) is 6.96. The smallest absolute Gasteiger partial charge is 0.239 e. The van der Waals surface area contributed by atoms with Gasteiger partial charge in [0, 0.05) is 31.9 Å². The summed E-state index contributed by atoms with van der Waals surface area (Å²) in [6.07, 6.45) is 1.63. The van der Waals surface area contributed by atoms with Crippen molar-refractivity contribution in [3.05, 3.63) is 29.3 Å². The van der Waals surface area contributed by atoms with Gasteiger partial charge in [0.2, 0.25) is 11.8 Å². The van der Waals surface area contributed by atoms with Crippen molar-refractivity contribution in [2.24, 2.45) is 5.73 Å². The first-order valence-corrected chi connectivity index (χ1v) is 9.05. The SMILES string of the molecule is CCCC(N)C(=O)N1CCN(CC(=O)Nc2c(C)cccc2C)CC1. The van der Waals surface area contributed by atoms with E-state index in [1.165, 1.54) is 0 Å². The lowest BCUT2D eigenvalue weighted by molar-refractivity contribution is -0.134. The normalized spacial score (nSPS) is 16.6. The Labute approximate surface area is 150 Å². The summed E-state index contributed by atoms with van der Waals surface area (Å²) >= 11 is 0. The fourth-order valence-electron chi connectivity index (χ4n) is 3.19. The minimum absolute atomic E-state index is 0.0140. The van der Waals surface area contributed by atoms with Gasteiger partial charge in [0.1, 0.15) is 0 Å². The van der Waals surface area contributed by atoms with Gasteiger partial charge in [-0.1, -0.05) is 31.5 Å². The Bertz CT molecular complexity index is 589. The molecule has 1 atom stereocenters. The van der Waals surface area contributed by atoms with Gasteiger partial charge in [0.25, 0.3) is 0 Å². The number of rotatable bonds is 6. The molecule has 1 saturated heterocycles. The number of nitrogens with zero attached hydrogens (tertiary/aromatic N) is 2. The summed E-state index contributed by atoms with van der Waals surface area (Å²) < 4.78 is 0. The molecule has 2 rings (SSSR count). The number of nitrogens with two attached hydrogens (primary N) is 1. The molecule has 1 aliphatic rings. The summed E-state index contributed by atoms with van der Waals surface area (Å²) in [6, 6.07) is 5.57. The molecule has 0 saturated carbocycles. The van der Waals surface area contributed by atoms with Gasteiger partial charge in [-0.25, -0.2) is 0 Å². The molecule has 0 spiro atoms. The van der Waals surface area contributed by atoms with Crippen molar-refractivity contribution < 1.29 is 9.59 Å². The van der Waals surface area contributed by atoms with E-state index in [0.29, 0.717) is 32.7 Å². The summed E-state index contributed by atoms with van der Waals surface area (Å²) in [5.41, 5.74) is 8.94. The van der Waals surface area contributed by atoms with Crippen LogP contribution in [0.4, 0.5) is 5.69 Å². The average molecular weight is 346 g/mol. The van der Waals surface area contributed by atoms with Gasteiger partial charge in [-0.3, -0.25) is 14.5 Å². The number of carbonyl (C=O) groups is 2. The van der Waals surface area contributed by atoms with Crippen LogP contribution in [0.1, 0.15) is 30.9 Å². The minimum Gasteiger partial charge on any atom is -0.339 e. The molecule has 1 aromatic rings. The van der Waals surface area contributed by atoms with E-state index in [4.69, 9.17) is 5.73 Å². The second kappa shape index (κ2) is 8.97. The van der Waals surface area contributed by atoms with Crippen LogP contribution in [0.5, 0.6) is 0 Å². The maximum absolute atomic E-state index is 12.3. The number of aryl methyl sites for hydroxylation is 2. The third-order valence-corrected chi connectivity index (χ3v) is 4.71. The lowest BCUT2D eigenvalue weighted by Crippen LogP contribution is -2.54. The highest BCUT2D eigenvalue weighted by molar-refractivity contribution is 5.93. The molecule has 0 aromatic heterocycles. The van der Waals surface area contributed by atoms with Gasteiger partial charge in [-0.2, -0.15) is 0 Å². The van der Waals surface area contributed by atoms with Crippen molar-refractivity contribution in [2.45, 2.75) is 39.7 Å². The van der Waals surface area contributed by atoms with Crippen molar-refractivity contribution in [1.82, 2.24) is 9.80 Å². The summed E-state index contributed by atoms with van der Waals surface area (Å²) in [5, 5.41) is 3.01. The topological polar surface area (TPSA) is 78.7 Å². The maximum atomic E-state index is 12.3.